The molecule has 6 rings (SSSR count). The predicted octanol–water partition coefficient (Wildman–Crippen LogP) is -1.76. The molecule has 4 heterocycles. The summed E-state index contributed by atoms with van der Waals surface area (Å²) in [5, 5.41) is 22.5. The van der Waals surface area contributed by atoms with Crippen molar-refractivity contribution in [2.75, 3.05) is 18.1 Å². The molecule has 0 saturated carbocycles. The monoisotopic (exact) mass is 1050 g/mol. The first-order chi connectivity index (χ1) is 34.9. The molecular formula is C47H63N15O9S2. The third-order valence-electron chi connectivity index (χ3n) is 12.2. The first-order valence-electron chi connectivity index (χ1n) is 23.7. The number of hydrogen-bond donors (Lipinski definition) is 13. The van der Waals surface area contributed by atoms with Crippen molar-refractivity contribution in [2.24, 2.45) is 23.1 Å². The fourth-order valence-electron chi connectivity index (χ4n) is 8.17. The molecule has 2 aliphatic rings. The van der Waals surface area contributed by atoms with Gasteiger partial charge in [-0.3, -0.25) is 43.7 Å². The number of fused-ring (bicyclic) bond motifs is 1. The molecule has 73 heavy (non-hydrogen) atoms. The lowest BCUT2D eigenvalue weighted by atomic mass is 10.0. The van der Waals surface area contributed by atoms with Gasteiger partial charge in [0, 0.05) is 59.8 Å². The molecule has 2 aromatic carbocycles. The number of H-pyrrole nitrogens is 2. The van der Waals surface area contributed by atoms with Gasteiger partial charge in [-0.05, 0) is 49.4 Å². The number of nitrogens with zero attached hydrogens (tertiary/aromatic N) is 2. The van der Waals surface area contributed by atoms with Gasteiger partial charge in [-0.25, -0.2) is 14.7 Å². The maximum Gasteiger partial charge on any atom is 0.325 e. The van der Waals surface area contributed by atoms with Gasteiger partial charge in [0.1, 0.15) is 54.6 Å². The van der Waals surface area contributed by atoms with Crippen LogP contribution in [0.3, 0.4) is 0 Å². The molecule has 10 amide bonds. The molecule has 4 aromatic rings. The summed E-state index contributed by atoms with van der Waals surface area (Å²) in [7, 11) is 2.00. The van der Waals surface area contributed by atoms with E-state index in [1.165, 1.54) is 19.4 Å². The minimum Gasteiger partial charge on any atom is -0.368 e. The first-order valence-corrected chi connectivity index (χ1v) is 26.2. The number of aromatic nitrogens is 3. The Morgan fingerprint density at radius 1 is 0.726 bits per heavy atom. The van der Waals surface area contributed by atoms with E-state index in [9.17, 15) is 43.2 Å². The average molecular weight is 1050 g/mol. The Morgan fingerprint density at radius 2 is 1.34 bits per heavy atom. The summed E-state index contributed by atoms with van der Waals surface area (Å²) >= 11 is 0. The number of carbonyl (C=O) groups excluding carboxylic acids is 9. The number of rotatable bonds is 14. The Labute approximate surface area is 428 Å². The molecular weight excluding hydrogens is 983 g/mol. The summed E-state index contributed by atoms with van der Waals surface area (Å²) < 4.78 is 0. The van der Waals surface area contributed by atoms with Crippen LogP contribution in [-0.4, -0.2) is 146 Å². The van der Waals surface area contributed by atoms with E-state index < -0.39 is 108 Å². The van der Waals surface area contributed by atoms with Gasteiger partial charge >= 0.3 is 6.03 Å². The van der Waals surface area contributed by atoms with Crippen LogP contribution in [0.2, 0.25) is 0 Å². The molecule has 8 atom stereocenters. The van der Waals surface area contributed by atoms with Crippen molar-refractivity contribution in [1.82, 2.24) is 62.4 Å². The molecule has 0 radical (unpaired) electrons. The molecule has 0 spiro atoms. The zero-order valence-electron chi connectivity index (χ0n) is 40.5. The molecule has 2 saturated heterocycles. The number of imide groups is 1. The van der Waals surface area contributed by atoms with E-state index in [1.807, 2.05) is 24.3 Å². The Kier molecular flexibility index (Phi) is 19.8. The lowest BCUT2D eigenvalue weighted by molar-refractivity contribution is -0.137. The van der Waals surface area contributed by atoms with Crippen LogP contribution in [0.25, 0.3) is 10.9 Å². The normalized spacial score (nSPS) is 24.6. The molecule has 24 nitrogen and oxygen atoms in total. The molecule has 0 unspecified atom stereocenters. The SMILES string of the molecule is CC(C)[C@@H]1NC(=O)N([C@H]2CSSC[C@@H](C(N)=O)NC(=O)[C@H](Cc3c[nH]c4ccccc34)NC(=O)[C@H](CCCNC(N)N)NC(=O)[C@@H](Cc3ccccc3)NC(=O)[C@H](Cc3cnc[nH]3)NC(=O)[C@@H](C)NC2=O)C1=O. The number of carbonyl (C=O) groups is 9. The van der Waals surface area contributed by atoms with Gasteiger partial charge in [-0.15, -0.1) is 0 Å². The fraction of sp³-hybridized carbons (Fsp3) is 0.447. The first kappa shape index (κ1) is 55.3. The van der Waals surface area contributed by atoms with Gasteiger partial charge in [0.15, 0.2) is 0 Å². The Bertz CT molecular complexity index is 2600. The van der Waals surface area contributed by atoms with E-state index in [0.717, 1.165) is 37.4 Å². The van der Waals surface area contributed by atoms with E-state index >= 15 is 0 Å². The number of imidazole rings is 1. The van der Waals surface area contributed by atoms with E-state index in [4.69, 9.17) is 17.2 Å². The highest BCUT2D eigenvalue weighted by Crippen LogP contribution is 2.27. The highest BCUT2D eigenvalue weighted by atomic mass is 33.1. The number of urea groups is 1. The highest BCUT2D eigenvalue weighted by Gasteiger charge is 2.46. The largest absolute Gasteiger partial charge is 0.368 e. The Hall–Kier alpha value is -7.00. The summed E-state index contributed by atoms with van der Waals surface area (Å²) in [6.45, 7) is 5.02. The van der Waals surface area contributed by atoms with E-state index in [-0.39, 0.29) is 56.1 Å². The molecule has 0 bridgehead atoms. The Balaban J connectivity index is 1.39. The van der Waals surface area contributed by atoms with Crippen molar-refractivity contribution in [2.45, 2.75) is 107 Å². The van der Waals surface area contributed by atoms with Gasteiger partial charge < -0.3 is 64.4 Å². The smallest absolute Gasteiger partial charge is 0.325 e. The van der Waals surface area contributed by atoms with E-state index in [1.54, 1.807) is 50.4 Å². The molecule has 392 valence electrons. The van der Waals surface area contributed by atoms with Crippen LogP contribution in [-0.2, 0) is 57.6 Å². The topological polar surface area (TPSA) is 376 Å². The number of nitrogens with two attached hydrogens (primary N) is 3. The number of para-hydroxylation sites is 1. The van der Waals surface area contributed by atoms with Gasteiger partial charge in [0.25, 0.3) is 5.91 Å². The quantitative estimate of drug-likeness (QED) is 0.0288. The van der Waals surface area contributed by atoms with Crippen molar-refractivity contribution in [1.29, 1.82) is 0 Å². The third-order valence-corrected chi connectivity index (χ3v) is 14.6. The van der Waals surface area contributed by atoms with Crippen molar-refractivity contribution in [3.05, 3.63) is 90.1 Å². The van der Waals surface area contributed by atoms with Gasteiger partial charge in [-0.2, -0.15) is 0 Å². The number of benzene rings is 2. The zero-order valence-corrected chi connectivity index (χ0v) is 42.1. The number of aromatic amines is 2. The minimum absolute atomic E-state index is 0.00554. The van der Waals surface area contributed by atoms with E-state index in [0.29, 0.717) is 16.8 Å². The highest BCUT2D eigenvalue weighted by molar-refractivity contribution is 8.76. The van der Waals surface area contributed by atoms with Gasteiger partial charge in [-0.1, -0.05) is 84.0 Å². The van der Waals surface area contributed by atoms with Crippen molar-refractivity contribution < 1.29 is 43.2 Å². The van der Waals surface area contributed by atoms with Crippen molar-refractivity contribution in [3.8, 4) is 0 Å². The number of primary amides is 1. The summed E-state index contributed by atoms with van der Waals surface area (Å²) in [5.41, 5.74) is 19.7. The van der Waals surface area contributed by atoms with Gasteiger partial charge in [0.05, 0.1) is 6.33 Å². The summed E-state index contributed by atoms with van der Waals surface area (Å²) in [6, 6.07) is 4.65. The Morgan fingerprint density at radius 3 is 2.00 bits per heavy atom. The molecule has 2 aromatic heterocycles. The molecule has 2 aliphatic heterocycles. The van der Waals surface area contributed by atoms with Crippen LogP contribution >= 0.6 is 21.6 Å². The second-order valence-corrected chi connectivity index (χ2v) is 20.6. The third kappa shape index (κ3) is 15.3. The fourth-order valence-corrected chi connectivity index (χ4v) is 10.5. The second kappa shape index (κ2) is 26.1. The van der Waals surface area contributed by atoms with Crippen LogP contribution in [0.15, 0.2) is 73.3 Å². The second-order valence-electron chi connectivity index (χ2n) is 18.1. The van der Waals surface area contributed by atoms with Crippen LogP contribution in [0.5, 0.6) is 0 Å². The molecule has 16 N–H and O–H groups in total. The van der Waals surface area contributed by atoms with Crippen LogP contribution < -0.4 is 59.7 Å². The summed E-state index contributed by atoms with van der Waals surface area (Å²) in [5.74, 6) is -7.26. The maximum absolute atomic E-state index is 14.6. The zero-order chi connectivity index (χ0) is 52.8. The van der Waals surface area contributed by atoms with Crippen LogP contribution in [0.4, 0.5) is 4.79 Å². The molecule has 0 aliphatic carbocycles. The minimum atomic E-state index is -1.49. The van der Waals surface area contributed by atoms with Crippen molar-refractivity contribution in [3.63, 3.8) is 0 Å². The number of hydrogen-bond acceptors (Lipinski definition) is 15. The predicted molar refractivity (Wildman–Crippen MR) is 273 cm³/mol. The molecule has 26 heteroatoms. The average Bonchev–Trinajstić information content (AvgIpc) is 4.10. The van der Waals surface area contributed by atoms with E-state index in [2.05, 4.69) is 57.5 Å². The maximum atomic E-state index is 14.6. The standard InChI is InChI=1S/C47H63N15O9S2/c1-24(2)37-45(70)62(47(71)61-37)36-22-73-72-21-35(38(48)63)60-42(67)33(17-27-19-53-30-13-8-7-12-29(27)30)59-40(65)31(14-9-15-52-46(49)50)56-41(66)32(16-26-10-5-4-6-11-26)58-43(68)34(18-28-20-51-23-54-28)57-39(64)25(3)55-44(36)69/h4-8,10-13,19-20,23-25,31-37,46,52-53H,9,14-18,21-22,49-50H2,1-3H3,(H2,48,63)(H,51,54)(H,55,69)(H,56,66)(H,57,64)(H,58,68)(H,59,65)(H,60,67)(H,61,71)/t25-,31+,32-,33+,34+,35+,36+,37+/m1/s1. The lowest BCUT2D eigenvalue weighted by Gasteiger charge is -2.28. The lowest BCUT2D eigenvalue weighted by Crippen LogP contribution is -2.60. The summed E-state index contributed by atoms with van der Waals surface area (Å²) in [6.07, 6.45) is 3.55. The molecule has 2 fully saturated rings. The van der Waals surface area contributed by atoms with Crippen LogP contribution in [0.1, 0.15) is 50.4 Å². The number of amides is 10. The van der Waals surface area contributed by atoms with Gasteiger partial charge in [0.2, 0.25) is 41.4 Å². The number of nitrogens with one attached hydrogen (secondary N) is 10. The van der Waals surface area contributed by atoms with Crippen LogP contribution in [0, 0.1) is 5.92 Å². The van der Waals surface area contributed by atoms with Crippen molar-refractivity contribution >= 4 is 85.8 Å². The summed E-state index contributed by atoms with van der Waals surface area (Å²) in [4.78, 5) is 137.